The Morgan fingerprint density at radius 2 is 2.38 bits per heavy atom. The maximum Gasteiger partial charge on any atom is 0.355 e. The Balaban J connectivity index is 2.35. The second-order valence-electron chi connectivity index (χ2n) is 2.91. The van der Waals surface area contributed by atoms with Gasteiger partial charge >= 0.3 is 5.97 Å². The van der Waals surface area contributed by atoms with E-state index in [1.807, 2.05) is 0 Å². The minimum absolute atomic E-state index is 0.0370. The summed E-state index contributed by atoms with van der Waals surface area (Å²) in [6.07, 6.45) is 5.52. The Hall–Kier alpha value is -1.87. The number of aromatic nitrogens is 1. The molecule has 0 aromatic carbocycles. The lowest BCUT2D eigenvalue weighted by molar-refractivity contribution is -0.120. The van der Waals surface area contributed by atoms with Gasteiger partial charge in [-0.05, 0) is 0 Å². The minimum atomic E-state index is -1.04. The quantitative estimate of drug-likeness (QED) is 0.733. The fraction of sp³-hybridized carbons (Fsp3) is 0.300. The van der Waals surface area contributed by atoms with Crippen molar-refractivity contribution in [3.05, 3.63) is 16.1 Å². The molecule has 0 radical (unpaired) electrons. The molecule has 0 aliphatic carbocycles. The first-order chi connectivity index (χ1) is 7.63. The maximum absolute atomic E-state index is 11.0. The third kappa shape index (κ3) is 3.71. The Labute approximate surface area is 96.5 Å². The molecule has 0 aliphatic rings. The first-order valence-electron chi connectivity index (χ1n) is 4.51. The monoisotopic (exact) mass is 238 g/mol. The van der Waals surface area contributed by atoms with Crippen molar-refractivity contribution in [1.29, 1.82) is 0 Å². The Morgan fingerprint density at radius 3 is 2.94 bits per heavy atom. The molecular formula is C10H10N2O3S. The lowest BCUT2D eigenvalue weighted by Crippen LogP contribution is -2.24. The zero-order valence-corrected chi connectivity index (χ0v) is 9.21. The average Bonchev–Trinajstić information content (AvgIpc) is 2.67. The number of nitrogens with one attached hydrogen (secondary N) is 1. The molecule has 2 N–H and O–H groups in total. The van der Waals surface area contributed by atoms with Gasteiger partial charge in [-0.1, -0.05) is 5.92 Å². The number of rotatable bonds is 5. The number of amides is 1. The van der Waals surface area contributed by atoms with Gasteiger partial charge in [-0.25, -0.2) is 9.78 Å². The van der Waals surface area contributed by atoms with Crippen LogP contribution in [0, 0.1) is 12.3 Å². The molecule has 0 saturated heterocycles. The Bertz CT molecular complexity index is 434. The number of carbonyl (C=O) groups excluding carboxylic acids is 1. The van der Waals surface area contributed by atoms with E-state index in [9.17, 15) is 9.59 Å². The van der Waals surface area contributed by atoms with Crippen LogP contribution in [0.25, 0.3) is 0 Å². The van der Waals surface area contributed by atoms with Crippen LogP contribution >= 0.6 is 11.3 Å². The number of thiazole rings is 1. The van der Waals surface area contributed by atoms with Gasteiger partial charge in [0.2, 0.25) is 5.91 Å². The number of hydrogen-bond acceptors (Lipinski definition) is 4. The van der Waals surface area contributed by atoms with Gasteiger partial charge in [-0.2, -0.15) is 0 Å². The van der Waals surface area contributed by atoms with Crippen molar-refractivity contribution >= 4 is 23.2 Å². The standard InChI is InChI=1S/C10H10N2O3S/c1-2-3-8(13)11-5-4-9-12-7(6-16-9)10(14)15/h1,6H,3-5H2,(H,11,13)(H,14,15). The van der Waals surface area contributed by atoms with Crippen molar-refractivity contribution in [1.82, 2.24) is 10.3 Å². The summed E-state index contributed by atoms with van der Waals surface area (Å²) in [4.78, 5) is 25.4. The van der Waals surface area contributed by atoms with E-state index < -0.39 is 5.97 Å². The third-order valence-electron chi connectivity index (χ3n) is 1.69. The number of carbonyl (C=O) groups is 2. The molecule has 1 rings (SSSR count). The molecule has 6 heteroatoms. The van der Waals surface area contributed by atoms with Gasteiger partial charge < -0.3 is 10.4 Å². The predicted molar refractivity (Wildman–Crippen MR) is 59.2 cm³/mol. The summed E-state index contributed by atoms with van der Waals surface area (Å²) in [6, 6.07) is 0. The van der Waals surface area contributed by atoms with Crippen molar-refractivity contribution in [2.75, 3.05) is 6.54 Å². The summed E-state index contributed by atoms with van der Waals surface area (Å²) in [5.74, 6) is 0.979. The molecule has 1 aromatic heterocycles. The highest BCUT2D eigenvalue weighted by atomic mass is 32.1. The van der Waals surface area contributed by atoms with Crippen LogP contribution in [0.5, 0.6) is 0 Å². The Kier molecular flexibility index (Phi) is 4.48. The normalized spacial score (nSPS) is 9.44. The highest BCUT2D eigenvalue weighted by Crippen LogP contribution is 2.09. The van der Waals surface area contributed by atoms with E-state index in [1.54, 1.807) is 0 Å². The molecule has 0 fully saturated rings. The van der Waals surface area contributed by atoms with E-state index in [1.165, 1.54) is 16.7 Å². The summed E-state index contributed by atoms with van der Waals surface area (Å²) in [7, 11) is 0. The Morgan fingerprint density at radius 1 is 1.62 bits per heavy atom. The van der Waals surface area contributed by atoms with Gasteiger partial charge in [0.05, 0.1) is 11.4 Å². The number of carboxylic acids is 1. The molecule has 1 heterocycles. The van der Waals surface area contributed by atoms with Gasteiger partial charge in [-0.3, -0.25) is 4.79 Å². The van der Waals surface area contributed by atoms with E-state index in [0.29, 0.717) is 18.0 Å². The summed E-state index contributed by atoms with van der Waals surface area (Å²) < 4.78 is 0. The smallest absolute Gasteiger partial charge is 0.355 e. The van der Waals surface area contributed by atoms with Crippen LogP contribution in [-0.2, 0) is 11.2 Å². The molecule has 1 amide bonds. The van der Waals surface area contributed by atoms with E-state index in [4.69, 9.17) is 11.5 Å². The number of aromatic carboxylic acids is 1. The predicted octanol–water partition coefficient (Wildman–Crippen LogP) is 0.523. The molecule has 5 nitrogen and oxygen atoms in total. The van der Waals surface area contributed by atoms with E-state index in [-0.39, 0.29) is 18.0 Å². The molecule has 0 saturated carbocycles. The lowest BCUT2D eigenvalue weighted by atomic mass is 10.4. The van der Waals surface area contributed by atoms with Crippen molar-refractivity contribution in [3.63, 3.8) is 0 Å². The second-order valence-corrected chi connectivity index (χ2v) is 3.86. The molecule has 0 unspecified atom stereocenters. The van der Waals surface area contributed by atoms with Crippen LogP contribution in [0.15, 0.2) is 5.38 Å². The lowest BCUT2D eigenvalue weighted by Gasteiger charge is -1.99. The minimum Gasteiger partial charge on any atom is -0.476 e. The topological polar surface area (TPSA) is 79.3 Å². The van der Waals surface area contributed by atoms with Crippen LogP contribution in [0.3, 0.4) is 0 Å². The first-order valence-corrected chi connectivity index (χ1v) is 5.39. The molecule has 16 heavy (non-hydrogen) atoms. The van der Waals surface area contributed by atoms with Gasteiger partial charge in [0.25, 0.3) is 0 Å². The number of nitrogens with zero attached hydrogens (tertiary/aromatic N) is 1. The first kappa shape index (κ1) is 12.2. The fourth-order valence-electron chi connectivity index (χ4n) is 0.988. The summed E-state index contributed by atoms with van der Waals surface area (Å²) in [5, 5.41) is 13.4. The summed E-state index contributed by atoms with van der Waals surface area (Å²) in [5.41, 5.74) is 0.0370. The highest BCUT2D eigenvalue weighted by molar-refractivity contribution is 7.09. The average molecular weight is 238 g/mol. The number of terminal acetylenes is 1. The third-order valence-corrected chi connectivity index (χ3v) is 2.60. The van der Waals surface area contributed by atoms with Crippen molar-refractivity contribution in [3.8, 4) is 12.3 Å². The number of carboxylic acid groups (broad SMARTS) is 1. The number of hydrogen-bond donors (Lipinski definition) is 2. The van der Waals surface area contributed by atoms with Gasteiger partial charge in [0, 0.05) is 18.3 Å². The van der Waals surface area contributed by atoms with Crippen LogP contribution < -0.4 is 5.32 Å². The molecular weight excluding hydrogens is 228 g/mol. The van der Waals surface area contributed by atoms with E-state index in [0.717, 1.165) is 0 Å². The van der Waals surface area contributed by atoms with Crippen molar-refractivity contribution in [2.24, 2.45) is 0 Å². The SMILES string of the molecule is C#CCC(=O)NCCc1nc(C(=O)O)cs1. The molecule has 84 valence electrons. The summed E-state index contributed by atoms with van der Waals surface area (Å²) in [6.45, 7) is 0.410. The van der Waals surface area contributed by atoms with Crippen molar-refractivity contribution < 1.29 is 14.7 Å². The van der Waals surface area contributed by atoms with Crippen molar-refractivity contribution in [2.45, 2.75) is 12.8 Å². The fourth-order valence-corrected chi connectivity index (χ4v) is 1.76. The van der Waals surface area contributed by atoms with Crippen LogP contribution in [0.2, 0.25) is 0 Å². The molecule has 0 atom stereocenters. The highest BCUT2D eigenvalue weighted by Gasteiger charge is 2.08. The van der Waals surface area contributed by atoms with Gasteiger partial charge in [0.1, 0.15) is 0 Å². The molecule has 0 aliphatic heterocycles. The van der Waals surface area contributed by atoms with E-state index >= 15 is 0 Å². The molecule has 0 spiro atoms. The maximum atomic E-state index is 11.0. The molecule has 1 aromatic rings. The zero-order chi connectivity index (χ0) is 12.0. The van der Waals surface area contributed by atoms with Crippen LogP contribution in [0.4, 0.5) is 0 Å². The van der Waals surface area contributed by atoms with Gasteiger partial charge in [-0.15, -0.1) is 17.8 Å². The second kappa shape index (κ2) is 5.88. The van der Waals surface area contributed by atoms with Crippen LogP contribution in [0.1, 0.15) is 21.9 Å². The van der Waals surface area contributed by atoms with Gasteiger partial charge in [0.15, 0.2) is 5.69 Å². The summed E-state index contributed by atoms with van der Waals surface area (Å²) >= 11 is 1.26. The van der Waals surface area contributed by atoms with Crippen LogP contribution in [-0.4, -0.2) is 28.5 Å². The zero-order valence-electron chi connectivity index (χ0n) is 8.40. The van der Waals surface area contributed by atoms with E-state index in [2.05, 4.69) is 16.2 Å². The molecule has 0 bridgehead atoms. The largest absolute Gasteiger partial charge is 0.476 e.